The van der Waals surface area contributed by atoms with Crippen LogP contribution in [0, 0.1) is 0 Å². The van der Waals surface area contributed by atoms with Crippen LogP contribution in [0.4, 0.5) is 5.69 Å². The number of amides is 2. The first-order chi connectivity index (χ1) is 13.7. The maximum Gasteiger partial charge on any atom is 0.237 e. The summed E-state index contributed by atoms with van der Waals surface area (Å²) in [6.45, 7) is 4.89. The standard InChI is InChI=1S/C22H32N4O2/c27-21(17-20-22(28)23-11-14-26(20)19-9-4-5-10-19)25-13-6-12-24(15-16-25)18-7-2-1-3-8-18/h1-3,7-8,19-20H,4-6,9-17H2,(H,23,28). The van der Waals surface area contributed by atoms with Crippen LogP contribution in [0.3, 0.4) is 0 Å². The molecule has 1 aliphatic carbocycles. The molecule has 0 bridgehead atoms. The molecule has 0 radical (unpaired) electrons. The van der Waals surface area contributed by atoms with E-state index in [0.717, 1.165) is 52.0 Å². The Balaban J connectivity index is 1.37. The molecule has 4 rings (SSSR count). The SMILES string of the molecule is O=C1NCCN(C2CCCC2)C1CC(=O)N1CCCN(c2ccccc2)CC1. The highest BCUT2D eigenvalue weighted by Gasteiger charge is 2.37. The minimum atomic E-state index is -0.294. The number of hydrogen-bond acceptors (Lipinski definition) is 4. The molecule has 6 nitrogen and oxygen atoms in total. The van der Waals surface area contributed by atoms with Crippen LogP contribution >= 0.6 is 0 Å². The third kappa shape index (κ3) is 4.32. The second-order valence-corrected chi connectivity index (χ2v) is 8.24. The van der Waals surface area contributed by atoms with Gasteiger partial charge in [-0.1, -0.05) is 31.0 Å². The lowest BCUT2D eigenvalue weighted by Crippen LogP contribution is -2.59. The molecule has 1 unspecified atom stereocenters. The fourth-order valence-electron chi connectivity index (χ4n) is 4.97. The van der Waals surface area contributed by atoms with Crippen LogP contribution in [0.25, 0.3) is 0 Å². The summed E-state index contributed by atoms with van der Waals surface area (Å²) in [5.74, 6) is 0.159. The van der Waals surface area contributed by atoms with Gasteiger partial charge >= 0.3 is 0 Å². The van der Waals surface area contributed by atoms with E-state index in [1.807, 2.05) is 11.0 Å². The molecular weight excluding hydrogens is 352 g/mol. The Bertz CT molecular complexity index is 674. The molecule has 2 heterocycles. The van der Waals surface area contributed by atoms with Crippen molar-refractivity contribution in [1.29, 1.82) is 0 Å². The molecule has 0 spiro atoms. The molecule has 0 aromatic heterocycles. The molecule has 1 atom stereocenters. The predicted molar refractivity (Wildman–Crippen MR) is 110 cm³/mol. The third-order valence-electron chi connectivity index (χ3n) is 6.50. The van der Waals surface area contributed by atoms with Crippen molar-refractivity contribution in [3.63, 3.8) is 0 Å². The van der Waals surface area contributed by atoms with Crippen molar-refractivity contribution < 1.29 is 9.59 Å². The Morgan fingerprint density at radius 1 is 0.964 bits per heavy atom. The molecule has 28 heavy (non-hydrogen) atoms. The van der Waals surface area contributed by atoms with Gasteiger partial charge in [-0.3, -0.25) is 14.5 Å². The van der Waals surface area contributed by atoms with E-state index in [0.29, 0.717) is 19.0 Å². The van der Waals surface area contributed by atoms with Gasteiger partial charge in [0.05, 0.1) is 12.5 Å². The number of rotatable bonds is 4. The van der Waals surface area contributed by atoms with E-state index in [1.165, 1.54) is 18.5 Å². The van der Waals surface area contributed by atoms with Gasteiger partial charge < -0.3 is 15.1 Å². The van der Waals surface area contributed by atoms with E-state index >= 15 is 0 Å². The van der Waals surface area contributed by atoms with Gasteiger partial charge in [-0.05, 0) is 31.4 Å². The van der Waals surface area contributed by atoms with E-state index in [1.54, 1.807) is 0 Å². The van der Waals surface area contributed by atoms with Crippen molar-refractivity contribution in [2.24, 2.45) is 0 Å². The second kappa shape index (κ2) is 8.95. The van der Waals surface area contributed by atoms with Gasteiger partial charge in [0.1, 0.15) is 0 Å². The smallest absolute Gasteiger partial charge is 0.237 e. The Kier molecular flexibility index (Phi) is 6.15. The Morgan fingerprint density at radius 3 is 2.54 bits per heavy atom. The zero-order valence-corrected chi connectivity index (χ0v) is 16.7. The van der Waals surface area contributed by atoms with E-state index in [4.69, 9.17) is 0 Å². The van der Waals surface area contributed by atoms with Gasteiger partial charge in [-0.25, -0.2) is 0 Å². The van der Waals surface area contributed by atoms with Crippen LogP contribution in [0.5, 0.6) is 0 Å². The zero-order chi connectivity index (χ0) is 19.3. The number of carbonyl (C=O) groups is 2. The largest absolute Gasteiger partial charge is 0.370 e. The van der Waals surface area contributed by atoms with Crippen LogP contribution in [0.1, 0.15) is 38.5 Å². The van der Waals surface area contributed by atoms with Crippen molar-refractivity contribution in [2.45, 2.75) is 50.6 Å². The number of piperazine rings is 1. The van der Waals surface area contributed by atoms with E-state index < -0.39 is 0 Å². The van der Waals surface area contributed by atoms with Crippen molar-refractivity contribution in [3.05, 3.63) is 30.3 Å². The lowest BCUT2D eigenvalue weighted by molar-refractivity contribution is -0.139. The highest BCUT2D eigenvalue weighted by Crippen LogP contribution is 2.27. The zero-order valence-electron chi connectivity index (χ0n) is 16.7. The first kappa shape index (κ1) is 19.2. The molecule has 2 aliphatic heterocycles. The van der Waals surface area contributed by atoms with E-state index in [2.05, 4.69) is 39.4 Å². The lowest BCUT2D eigenvalue weighted by Gasteiger charge is -2.39. The number of benzene rings is 1. The number of nitrogens with zero attached hydrogens (tertiary/aromatic N) is 3. The molecule has 2 saturated heterocycles. The van der Waals surface area contributed by atoms with Gasteiger partial charge in [0.15, 0.2) is 0 Å². The first-order valence-corrected chi connectivity index (χ1v) is 10.8. The topological polar surface area (TPSA) is 55.9 Å². The van der Waals surface area contributed by atoms with Gasteiger partial charge in [-0.2, -0.15) is 0 Å². The van der Waals surface area contributed by atoms with Gasteiger partial charge in [-0.15, -0.1) is 0 Å². The van der Waals surface area contributed by atoms with Crippen LogP contribution in [0.15, 0.2) is 30.3 Å². The molecule has 1 saturated carbocycles. The fourth-order valence-corrected chi connectivity index (χ4v) is 4.97. The summed E-state index contributed by atoms with van der Waals surface area (Å²) >= 11 is 0. The average molecular weight is 385 g/mol. The molecule has 1 aromatic carbocycles. The van der Waals surface area contributed by atoms with Crippen LogP contribution in [0.2, 0.25) is 0 Å². The first-order valence-electron chi connectivity index (χ1n) is 10.8. The van der Waals surface area contributed by atoms with Crippen molar-refractivity contribution >= 4 is 17.5 Å². The molecule has 3 aliphatic rings. The molecule has 1 aromatic rings. The second-order valence-electron chi connectivity index (χ2n) is 8.24. The lowest BCUT2D eigenvalue weighted by atomic mass is 10.0. The number of nitrogens with one attached hydrogen (secondary N) is 1. The number of anilines is 1. The highest BCUT2D eigenvalue weighted by atomic mass is 16.2. The fraction of sp³-hybridized carbons (Fsp3) is 0.636. The summed E-state index contributed by atoms with van der Waals surface area (Å²) in [6.07, 6.45) is 6.08. The summed E-state index contributed by atoms with van der Waals surface area (Å²) in [7, 11) is 0. The number of para-hydroxylation sites is 1. The number of carbonyl (C=O) groups excluding carboxylic acids is 2. The van der Waals surface area contributed by atoms with Crippen molar-refractivity contribution in [1.82, 2.24) is 15.1 Å². The van der Waals surface area contributed by atoms with Crippen molar-refractivity contribution in [3.8, 4) is 0 Å². The Labute approximate surface area is 167 Å². The maximum atomic E-state index is 13.1. The van der Waals surface area contributed by atoms with Crippen LogP contribution in [-0.2, 0) is 9.59 Å². The van der Waals surface area contributed by atoms with Crippen LogP contribution < -0.4 is 10.2 Å². The maximum absolute atomic E-state index is 13.1. The molecule has 2 amide bonds. The third-order valence-corrected chi connectivity index (χ3v) is 6.50. The van der Waals surface area contributed by atoms with E-state index in [-0.39, 0.29) is 17.9 Å². The Morgan fingerprint density at radius 2 is 1.75 bits per heavy atom. The number of hydrogen-bond donors (Lipinski definition) is 1. The average Bonchev–Trinajstić information content (AvgIpc) is 3.14. The summed E-state index contributed by atoms with van der Waals surface area (Å²) < 4.78 is 0. The monoisotopic (exact) mass is 384 g/mol. The summed E-state index contributed by atoms with van der Waals surface area (Å²) in [4.78, 5) is 32.3. The highest BCUT2D eigenvalue weighted by molar-refractivity contribution is 5.89. The van der Waals surface area contributed by atoms with Gasteiger partial charge in [0.2, 0.25) is 11.8 Å². The van der Waals surface area contributed by atoms with E-state index in [9.17, 15) is 9.59 Å². The quantitative estimate of drug-likeness (QED) is 0.861. The van der Waals surface area contributed by atoms with Crippen molar-refractivity contribution in [2.75, 3.05) is 44.2 Å². The summed E-state index contributed by atoms with van der Waals surface area (Å²) in [5.41, 5.74) is 1.22. The Hall–Kier alpha value is -2.08. The molecule has 152 valence electrons. The molecule has 1 N–H and O–H groups in total. The van der Waals surface area contributed by atoms with Gasteiger partial charge in [0, 0.05) is 51.0 Å². The molecular formula is C22H32N4O2. The summed E-state index contributed by atoms with van der Waals surface area (Å²) in [6, 6.07) is 10.6. The molecule has 6 heteroatoms. The predicted octanol–water partition coefficient (Wildman–Crippen LogP) is 1.86. The normalized spacial score (nSPS) is 24.9. The summed E-state index contributed by atoms with van der Waals surface area (Å²) in [5, 5.41) is 2.98. The van der Waals surface area contributed by atoms with Crippen LogP contribution in [-0.4, -0.2) is 73.0 Å². The molecule has 3 fully saturated rings. The minimum Gasteiger partial charge on any atom is -0.370 e. The minimum absolute atomic E-state index is 0.0345. The van der Waals surface area contributed by atoms with Gasteiger partial charge in [0.25, 0.3) is 0 Å².